The second-order valence-electron chi connectivity index (χ2n) is 5.17. The zero-order chi connectivity index (χ0) is 15.2. The summed E-state index contributed by atoms with van der Waals surface area (Å²) in [6.07, 6.45) is 2.57. The molecule has 0 amide bonds. The molecule has 0 saturated heterocycles. The zero-order valence-corrected chi connectivity index (χ0v) is 12.6. The number of nitro groups is 1. The van der Waals surface area contributed by atoms with Gasteiger partial charge >= 0.3 is 0 Å². The van der Waals surface area contributed by atoms with Crippen LogP contribution < -0.4 is 10.6 Å². The fourth-order valence-electron chi connectivity index (χ4n) is 2.35. The molecule has 1 saturated carbocycles. The Balaban J connectivity index is 1.95. The molecular weight excluding hydrogens is 270 g/mol. The standard InChI is InChI=1S/C14H23N5O2/c1-3-15-13-9-12(19(20)21)10-14(17-13)16-7-8-18(4-2)11-5-6-11/h9-11H,3-8H2,1-2H3,(H2,15,16,17). The third-order valence-corrected chi connectivity index (χ3v) is 3.55. The number of aromatic nitrogens is 1. The van der Waals surface area contributed by atoms with Crippen molar-refractivity contribution in [1.29, 1.82) is 0 Å². The van der Waals surface area contributed by atoms with Crippen LogP contribution in [0.15, 0.2) is 12.1 Å². The summed E-state index contributed by atoms with van der Waals surface area (Å²) >= 11 is 0. The Morgan fingerprint density at radius 1 is 1.33 bits per heavy atom. The summed E-state index contributed by atoms with van der Waals surface area (Å²) in [7, 11) is 0. The number of nitrogens with zero attached hydrogens (tertiary/aromatic N) is 3. The van der Waals surface area contributed by atoms with Gasteiger partial charge in [-0.1, -0.05) is 6.92 Å². The van der Waals surface area contributed by atoms with Crippen LogP contribution in [0, 0.1) is 10.1 Å². The summed E-state index contributed by atoms with van der Waals surface area (Å²) in [6, 6.07) is 3.66. The van der Waals surface area contributed by atoms with E-state index in [0.29, 0.717) is 18.2 Å². The minimum absolute atomic E-state index is 0.0537. The summed E-state index contributed by atoms with van der Waals surface area (Å²) in [5, 5.41) is 17.2. The molecule has 0 unspecified atom stereocenters. The normalized spacial score (nSPS) is 14.2. The van der Waals surface area contributed by atoms with Crippen LogP contribution in [0.2, 0.25) is 0 Å². The van der Waals surface area contributed by atoms with Gasteiger partial charge in [0.15, 0.2) is 0 Å². The van der Waals surface area contributed by atoms with E-state index in [-0.39, 0.29) is 5.69 Å². The number of anilines is 2. The number of rotatable bonds is 9. The van der Waals surface area contributed by atoms with Crippen molar-refractivity contribution in [2.45, 2.75) is 32.7 Å². The molecule has 0 spiro atoms. The van der Waals surface area contributed by atoms with E-state index in [1.54, 1.807) is 0 Å². The predicted molar refractivity (Wildman–Crippen MR) is 83.8 cm³/mol. The van der Waals surface area contributed by atoms with Gasteiger partial charge in [0.05, 0.1) is 17.1 Å². The maximum atomic E-state index is 10.9. The van der Waals surface area contributed by atoms with Crippen molar-refractivity contribution in [2.75, 3.05) is 36.8 Å². The Kier molecular flexibility index (Phi) is 5.32. The van der Waals surface area contributed by atoms with Crippen LogP contribution in [-0.4, -0.2) is 47.0 Å². The quantitative estimate of drug-likeness (QED) is 0.537. The smallest absolute Gasteiger partial charge is 0.276 e. The van der Waals surface area contributed by atoms with E-state index >= 15 is 0 Å². The maximum Gasteiger partial charge on any atom is 0.276 e. The van der Waals surface area contributed by atoms with E-state index < -0.39 is 4.92 Å². The molecular formula is C14H23N5O2. The van der Waals surface area contributed by atoms with Crippen molar-refractivity contribution < 1.29 is 4.92 Å². The van der Waals surface area contributed by atoms with Gasteiger partial charge in [0, 0.05) is 25.7 Å². The van der Waals surface area contributed by atoms with Gasteiger partial charge < -0.3 is 10.6 Å². The lowest BCUT2D eigenvalue weighted by Gasteiger charge is -2.20. The van der Waals surface area contributed by atoms with Crippen molar-refractivity contribution in [3.8, 4) is 0 Å². The zero-order valence-electron chi connectivity index (χ0n) is 12.6. The van der Waals surface area contributed by atoms with E-state index in [1.165, 1.54) is 25.0 Å². The molecule has 2 N–H and O–H groups in total. The molecule has 1 aliphatic rings. The van der Waals surface area contributed by atoms with Crippen molar-refractivity contribution in [1.82, 2.24) is 9.88 Å². The van der Waals surface area contributed by atoms with Crippen LogP contribution in [0.1, 0.15) is 26.7 Å². The summed E-state index contributed by atoms with van der Waals surface area (Å²) in [4.78, 5) is 17.3. The lowest BCUT2D eigenvalue weighted by atomic mass is 10.3. The summed E-state index contributed by atoms with van der Waals surface area (Å²) in [5.74, 6) is 1.08. The number of pyridine rings is 1. The molecule has 1 fully saturated rings. The predicted octanol–water partition coefficient (Wildman–Crippen LogP) is 2.32. The highest BCUT2D eigenvalue weighted by molar-refractivity contribution is 5.54. The van der Waals surface area contributed by atoms with Gasteiger partial charge in [0.1, 0.15) is 11.6 Å². The van der Waals surface area contributed by atoms with E-state index in [9.17, 15) is 10.1 Å². The van der Waals surface area contributed by atoms with E-state index in [4.69, 9.17) is 0 Å². The van der Waals surface area contributed by atoms with Gasteiger partial charge in [-0.15, -0.1) is 0 Å². The van der Waals surface area contributed by atoms with Gasteiger partial charge in [-0.2, -0.15) is 0 Å². The maximum absolute atomic E-state index is 10.9. The van der Waals surface area contributed by atoms with Crippen molar-refractivity contribution in [3.63, 3.8) is 0 Å². The lowest BCUT2D eigenvalue weighted by Crippen LogP contribution is -2.31. The van der Waals surface area contributed by atoms with Crippen LogP contribution in [0.5, 0.6) is 0 Å². The molecule has 0 aliphatic heterocycles. The van der Waals surface area contributed by atoms with Crippen LogP contribution in [0.4, 0.5) is 17.3 Å². The van der Waals surface area contributed by atoms with Crippen LogP contribution in [-0.2, 0) is 0 Å². The first kappa shape index (κ1) is 15.5. The molecule has 1 heterocycles. The highest BCUT2D eigenvalue weighted by Crippen LogP contribution is 2.26. The number of hydrogen-bond donors (Lipinski definition) is 2. The molecule has 21 heavy (non-hydrogen) atoms. The van der Waals surface area contributed by atoms with E-state index in [0.717, 1.165) is 25.7 Å². The molecule has 0 bridgehead atoms. The highest BCUT2D eigenvalue weighted by atomic mass is 16.6. The SMILES string of the molecule is CCNc1cc([N+](=O)[O-])cc(NCCN(CC)C2CC2)n1. The van der Waals surface area contributed by atoms with Gasteiger partial charge in [0.2, 0.25) is 0 Å². The van der Waals surface area contributed by atoms with Crippen molar-refractivity contribution >= 4 is 17.3 Å². The second kappa shape index (κ2) is 7.21. The Bertz CT molecular complexity index is 490. The van der Waals surface area contributed by atoms with Crippen LogP contribution in [0.25, 0.3) is 0 Å². The van der Waals surface area contributed by atoms with E-state index in [1.807, 2.05) is 6.92 Å². The molecule has 7 nitrogen and oxygen atoms in total. The van der Waals surface area contributed by atoms with Crippen LogP contribution >= 0.6 is 0 Å². The van der Waals surface area contributed by atoms with Crippen LogP contribution in [0.3, 0.4) is 0 Å². The van der Waals surface area contributed by atoms with Crippen molar-refractivity contribution in [2.24, 2.45) is 0 Å². The molecule has 116 valence electrons. The molecule has 1 aromatic heterocycles. The first-order valence-corrected chi connectivity index (χ1v) is 7.52. The number of nitrogens with one attached hydrogen (secondary N) is 2. The average Bonchev–Trinajstić information content (AvgIpc) is 3.28. The molecule has 7 heteroatoms. The lowest BCUT2D eigenvalue weighted by molar-refractivity contribution is -0.384. The largest absolute Gasteiger partial charge is 0.370 e. The Morgan fingerprint density at radius 3 is 2.52 bits per heavy atom. The van der Waals surface area contributed by atoms with Gasteiger partial charge in [-0.3, -0.25) is 15.0 Å². The Hall–Kier alpha value is -1.89. The fraction of sp³-hybridized carbons (Fsp3) is 0.643. The molecule has 1 aromatic rings. The summed E-state index contributed by atoms with van der Waals surface area (Å²) < 4.78 is 0. The Morgan fingerprint density at radius 2 is 2.00 bits per heavy atom. The second-order valence-corrected chi connectivity index (χ2v) is 5.17. The number of hydrogen-bond acceptors (Lipinski definition) is 6. The monoisotopic (exact) mass is 293 g/mol. The first-order chi connectivity index (χ1) is 10.1. The molecule has 1 aliphatic carbocycles. The minimum atomic E-state index is -0.393. The topological polar surface area (TPSA) is 83.3 Å². The molecule has 0 atom stereocenters. The Labute approximate surface area is 124 Å². The van der Waals surface area contributed by atoms with Gasteiger partial charge in [-0.05, 0) is 26.3 Å². The minimum Gasteiger partial charge on any atom is -0.370 e. The summed E-state index contributed by atoms with van der Waals surface area (Å²) in [5.41, 5.74) is 0.0537. The fourth-order valence-corrected chi connectivity index (χ4v) is 2.35. The highest BCUT2D eigenvalue weighted by Gasteiger charge is 2.27. The first-order valence-electron chi connectivity index (χ1n) is 7.52. The third kappa shape index (κ3) is 4.56. The molecule has 0 radical (unpaired) electrons. The average molecular weight is 293 g/mol. The van der Waals surface area contributed by atoms with Crippen molar-refractivity contribution in [3.05, 3.63) is 22.2 Å². The molecule has 0 aromatic carbocycles. The summed E-state index contributed by atoms with van der Waals surface area (Å²) in [6.45, 7) is 7.48. The van der Waals surface area contributed by atoms with E-state index in [2.05, 4.69) is 27.4 Å². The van der Waals surface area contributed by atoms with Gasteiger partial charge in [0.25, 0.3) is 5.69 Å². The number of likely N-dealkylation sites (N-methyl/N-ethyl adjacent to an activating group) is 1. The third-order valence-electron chi connectivity index (χ3n) is 3.55. The van der Waals surface area contributed by atoms with Gasteiger partial charge in [-0.25, -0.2) is 4.98 Å². The molecule has 2 rings (SSSR count).